The molecular weight excluding hydrogens is 583 g/mol. The van der Waals surface area contributed by atoms with E-state index in [4.69, 9.17) is 9.97 Å². The third kappa shape index (κ3) is 4.94. The SMILES string of the molecule is C1=C=C(c2cccc(-c3cc(-c4cccc(-c5cccnc5)c4)nc(-c4ccc5c6ccccc6c6ccccc6c5c4)n3)c2)C=CC=1. The van der Waals surface area contributed by atoms with E-state index >= 15 is 0 Å². The van der Waals surface area contributed by atoms with Gasteiger partial charge in [0.15, 0.2) is 5.82 Å². The summed E-state index contributed by atoms with van der Waals surface area (Å²) in [5.41, 5.74) is 15.2. The Labute approximate surface area is 278 Å². The van der Waals surface area contributed by atoms with Gasteiger partial charge >= 0.3 is 0 Å². The summed E-state index contributed by atoms with van der Waals surface area (Å²) in [5.74, 6) is 0.679. The minimum absolute atomic E-state index is 0.679. The molecule has 0 spiro atoms. The highest BCUT2D eigenvalue weighted by molar-refractivity contribution is 6.25. The summed E-state index contributed by atoms with van der Waals surface area (Å²) in [6.07, 6.45) is 9.60. The summed E-state index contributed by atoms with van der Waals surface area (Å²) >= 11 is 0. The van der Waals surface area contributed by atoms with Crippen LogP contribution in [0.3, 0.4) is 0 Å². The molecule has 3 heteroatoms. The van der Waals surface area contributed by atoms with Crippen molar-refractivity contribution in [1.29, 1.82) is 0 Å². The van der Waals surface area contributed by atoms with E-state index in [-0.39, 0.29) is 0 Å². The van der Waals surface area contributed by atoms with Crippen molar-refractivity contribution in [3.63, 3.8) is 0 Å². The van der Waals surface area contributed by atoms with Crippen molar-refractivity contribution in [2.24, 2.45) is 0 Å². The van der Waals surface area contributed by atoms with E-state index in [0.29, 0.717) is 5.82 Å². The molecule has 48 heavy (non-hydrogen) atoms. The molecule has 1 aliphatic rings. The highest BCUT2D eigenvalue weighted by Gasteiger charge is 2.15. The van der Waals surface area contributed by atoms with Gasteiger partial charge in [-0.25, -0.2) is 9.97 Å². The van der Waals surface area contributed by atoms with E-state index in [1.807, 2.05) is 24.4 Å². The van der Waals surface area contributed by atoms with Crippen molar-refractivity contribution >= 4 is 37.9 Å². The topological polar surface area (TPSA) is 38.7 Å². The summed E-state index contributed by atoms with van der Waals surface area (Å²) in [6.45, 7) is 0. The lowest BCUT2D eigenvalue weighted by molar-refractivity contribution is 1.18. The lowest BCUT2D eigenvalue weighted by Crippen LogP contribution is -1.97. The van der Waals surface area contributed by atoms with Gasteiger partial charge in [0.05, 0.1) is 11.4 Å². The van der Waals surface area contributed by atoms with Gasteiger partial charge in [-0.15, -0.1) is 0 Å². The normalized spacial score (nSPS) is 12.2. The Kier molecular flexibility index (Phi) is 6.70. The monoisotopic (exact) mass is 609 g/mol. The van der Waals surface area contributed by atoms with Crippen LogP contribution in [0.15, 0.2) is 176 Å². The molecule has 1 aliphatic carbocycles. The predicted octanol–water partition coefficient (Wildman–Crippen LogP) is 11.3. The molecule has 2 heterocycles. The molecular formula is C45H27N3. The number of pyridine rings is 1. The number of fused-ring (bicyclic) bond motifs is 6. The molecule has 0 bridgehead atoms. The number of allylic oxidation sites excluding steroid dienone is 4. The average Bonchev–Trinajstić information content (AvgIpc) is 3.18. The molecule has 222 valence electrons. The Morgan fingerprint density at radius 1 is 0.438 bits per heavy atom. The van der Waals surface area contributed by atoms with Crippen LogP contribution in [-0.4, -0.2) is 15.0 Å². The van der Waals surface area contributed by atoms with E-state index < -0.39 is 0 Å². The van der Waals surface area contributed by atoms with Crippen LogP contribution in [0, 0.1) is 0 Å². The largest absolute Gasteiger partial charge is 0.264 e. The number of benzene rings is 6. The molecule has 0 saturated carbocycles. The molecule has 3 nitrogen and oxygen atoms in total. The highest BCUT2D eigenvalue weighted by Crippen LogP contribution is 2.38. The zero-order valence-electron chi connectivity index (χ0n) is 25.9. The summed E-state index contributed by atoms with van der Waals surface area (Å²) in [7, 11) is 0. The van der Waals surface area contributed by atoms with Gasteiger partial charge in [-0.05, 0) is 85.9 Å². The predicted molar refractivity (Wildman–Crippen MR) is 198 cm³/mol. The fourth-order valence-corrected chi connectivity index (χ4v) is 6.68. The number of hydrogen-bond acceptors (Lipinski definition) is 3. The summed E-state index contributed by atoms with van der Waals surface area (Å²) < 4.78 is 0. The van der Waals surface area contributed by atoms with E-state index in [1.54, 1.807) is 6.20 Å². The zero-order chi connectivity index (χ0) is 31.9. The van der Waals surface area contributed by atoms with Crippen LogP contribution < -0.4 is 0 Å². The number of rotatable bonds is 5. The van der Waals surface area contributed by atoms with E-state index in [9.17, 15) is 0 Å². The first kappa shape index (κ1) is 27.7. The molecule has 0 radical (unpaired) electrons. The van der Waals surface area contributed by atoms with Gasteiger partial charge in [0.1, 0.15) is 0 Å². The summed E-state index contributed by atoms with van der Waals surface area (Å²) in [5, 5.41) is 7.37. The van der Waals surface area contributed by atoms with E-state index in [0.717, 1.165) is 50.3 Å². The van der Waals surface area contributed by atoms with Crippen LogP contribution >= 0.6 is 0 Å². The molecule has 0 atom stereocenters. The van der Waals surface area contributed by atoms with Gasteiger partial charge in [-0.1, -0.05) is 121 Å². The fourth-order valence-electron chi connectivity index (χ4n) is 6.68. The fraction of sp³-hybridized carbons (Fsp3) is 0. The van der Waals surface area contributed by atoms with Crippen LogP contribution in [0.25, 0.3) is 82.9 Å². The van der Waals surface area contributed by atoms with E-state index in [2.05, 4.69) is 150 Å². The van der Waals surface area contributed by atoms with E-state index in [1.165, 1.54) is 32.3 Å². The average molecular weight is 610 g/mol. The number of hydrogen-bond donors (Lipinski definition) is 0. The Morgan fingerprint density at radius 2 is 1.04 bits per heavy atom. The van der Waals surface area contributed by atoms with Crippen LogP contribution in [-0.2, 0) is 0 Å². The lowest BCUT2D eigenvalue weighted by Gasteiger charge is -2.13. The van der Waals surface area contributed by atoms with Crippen molar-refractivity contribution < 1.29 is 0 Å². The minimum atomic E-state index is 0.679. The van der Waals surface area contributed by atoms with Crippen LogP contribution in [0.5, 0.6) is 0 Å². The standard InChI is InChI=1S/C45H27N3/c1-2-11-30(12-3-1)31-13-8-15-33(25-31)43-28-44(34-16-9-14-32(26-34)36-17-10-24-46-29-36)48-45(47-43)35-22-23-41-39-20-5-4-18-37(39)38-19-6-7-21-40(38)42(41)27-35/h1-2,4-11,13-29H. The van der Waals surface area contributed by atoms with Gasteiger partial charge in [0.25, 0.3) is 0 Å². The van der Waals surface area contributed by atoms with Crippen LogP contribution in [0.2, 0.25) is 0 Å². The van der Waals surface area contributed by atoms with Gasteiger partial charge in [0, 0.05) is 40.2 Å². The Balaban J connectivity index is 1.26. The van der Waals surface area contributed by atoms with Crippen molar-refractivity contribution in [3.8, 4) is 45.0 Å². The second kappa shape index (κ2) is 11.6. The summed E-state index contributed by atoms with van der Waals surface area (Å²) in [6, 6.07) is 47.0. The third-order valence-electron chi connectivity index (χ3n) is 9.00. The van der Waals surface area contributed by atoms with Crippen molar-refractivity contribution in [2.75, 3.05) is 0 Å². The molecule has 9 rings (SSSR count). The molecule has 0 fully saturated rings. The smallest absolute Gasteiger partial charge is 0.160 e. The minimum Gasteiger partial charge on any atom is -0.264 e. The van der Waals surface area contributed by atoms with Crippen LogP contribution in [0.4, 0.5) is 0 Å². The maximum atomic E-state index is 5.23. The maximum absolute atomic E-state index is 5.23. The zero-order valence-corrected chi connectivity index (χ0v) is 25.9. The third-order valence-corrected chi connectivity index (χ3v) is 9.00. The molecule has 0 unspecified atom stereocenters. The molecule has 0 N–H and O–H groups in total. The van der Waals surface area contributed by atoms with Gasteiger partial charge < -0.3 is 0 Å². The molecule has 6 aromatic carbocycles. The van der Waals surface area contributed by atoms with Crippen molar-refractivity contribution in [3.05, 3.63) is 181 Å². The van der Waals surface area contributed by atoms with Crippen molar-refractivity contribution in [1.82, 2.24) is 15.0 Å². The maximum Gasteiger partial charge on any atom is 0.160 e. The first-order chi connectivity index (χ1) is 23.8. The highest BCUT2D eigenvalue weighted by atomic mass is 14.9. The molecule has 8 aromatic rings. The second-order valence-corrected chi connectivity index (χ2v) is 11.9. The molecule has 2 aromatic heterocycles. The Hall–Kier alpha value is -6.63. The van der Waals surface area contributed by atoms with Gasteiger partial charge in [0.2, 0.25) is 0 Å². The molecule has 0 aliphatic heterocycles. The molecule has 0 saturated heterocycles. The Bertz CT molecular complexity index is 2650. The van der Waals surface area contributed by atoms with Gasteiger partial charge in [-0.2, -0.15) is 0 Å². The van der Waals surface area contributed by atoms with Crippen LogP contribution in [0.1, 0.15) is 5.56 Å². The first-order valence-electron chi connectivity index (χ1n) is 16.0. The molecule has 0 amide bonds. The van der Waals surface area contributed by atoms with Crippen molar-refractivity contribution in [2.45, 2.75) is 0 Å². The second-order valence-electron chi connectivity index (χ2n) is 11.9. The number of nitrogens with zero attached hydrogens (tertiary/aromatic N) is 3. The first-order valence-corrected chi connectivity index (χ1v) is 16.0. The number of aromatic nitrogens is 3. The summed E-state index contributed by atoms with van der Waals surface area (Å²) in [4.78, 5) is 14.8. The quantitative estimate of drug-likeness (QED) is 0.144. The Morgan fingerprint density at radius 3 is 1.69 bits per heavy atom. The van der Waals surface area contributed by atoms with Gasteiger partial charge in [-0.3, -0.25) is 4.98 Å². The lowest BCUT2D eigenvalue weighted by atomic mass is 9.93.